The molecule has 0 saturated carbocycles. The zero-order valence-electron chi connectivity index (χ0n) is 16.8. The van der Waals surface area contributed by atoms with Crippen molar-refractivity contribution in [2.45, 2.75) is 0 Å². The quantitative estimate of drug-likeness (QED) is 0.224. The average Bonchev–Trinajstić information content (AvgIpc) is 3.31. The normalized spacial score (nSPS) is 11.1. The van der Waals surface area contributed by atoms with Crippen LogP contribution in [-0.2, 0) is 0 Å². The molecule has 0 fully saturated rings. The van der Waals surface area contributed by atoms with Crippen LogP contribution in [0.3, 0.4) is 0 Å². The van der Waals surface area contributed by atoms with Crippen molar-refractivity contribution in [2.24, 2.45) is 0 Å². The van der Waals surface area contributed by atoms with Crippen LogP contribution in [0.2, 0.25) is 0 Å². The Balaban J connectivity index is 0.000000132. The molecule has 0 atom stereocenters. The topological polar surface area (TPSA) is 108 Å². The molecule has 6 aromatic rings. The van der Waals surface area contributed by atoms with Gasteiger partial charge in [-0.15, -0.1) is 0 Å². The number of hydrogen-bond donors (Lipinski definition) is 3. The van der Waals surface area contributed by atoms with Gasteiger partial charge in [-0.05, 0) is 24.3 Å². The number of furan rings is 2. The van der Waals surface area contributed by atoms with Gasteiger partial charge in [-0.3, -0.25) is 0 Å². The number of nitrogens with two attached hydrogens (primary N) is 2. The second-order valence-corrected chi connectivity index (χ2v) is 7.19. The summed E-state index contributed by atoms with van der Waals surface area (Å²) in [5, 5.41) is 13.5. The van der Waals surface area contributed by atoms with Crippen LogP contribution in [0.25, 0.3) is 43.9 Å². The van der Waals surface area contributed by atoms with Crippen molar-refractivity contribution < 1.29 is 18.7 Å². The summed E-state index contributed by atoms with van der Waals surface area (Å²) in [4.78, 5) is 0. The number of methoxy groups -OCH3 is 1. The van der Waals surface area contributed by atoms with Gasteiger partial charge in [-0.2, -0.15) is 0 Å². The van der Waals surface area contributed by atoms with Gasteiger partial charge in [0.25, 0.3) is 0 Å². The predicted octanol–water partition coefficient (Wildman–Crippen LogP) is 6.05. The summed E-state index contributed by atoms with van der Waals surface area (Å²) in [5.41, 5.74) is 15.5. The van der Waals surface area contributed by atoms with E-state index >= 15 is 0 Å². The Morgan fingerprint density at radius 3 is 1.74 bits per heavy atom. The molecule has 2 heterocycles. The largest absolute Gasteiger partial charge is 0.506 e. The van der Waals surface area contributed by atoms with Gasteiger partial charge in [-0.25, -0.2) is 0 Å². The summed E-state index contributed by atoms with van der Waals surface area (Å²) in [6.45, 7) is 0. The molecule has 154 valence electrons. The minimum absolute atomic E-state index is 0.0917. The third-order valence-corrected chi connectivity index (χ3v) is 5.26. The number of phenols is 1. The van der Waals surface area contributed by atoms with E-state index in [4.69, 9.17) is 25.0 Å². The lowest BCUT2D eigenvalue weighted by molar-refractivity contribution is 0.417. The number of hydrogen-bond acceptors (Lipinski definition) is 6. The molecule has 0 amide bonds. The van der Waals surface area contributed by atoms with Gasteiger partial charge in [0.2, 0.25) is 0 Å². The van der Waals surface area contributed by atoms with Crippen molar-refractivity contribution in [1.29, 1.82) is 0 Å². The maximum Gasteiger partial charge on any atom is 0.142 e. The van der Waals surface area contributed by atoms with E-state index < -0.39 is 0 Å². The number of fused-ring (bicyclic) bond motifs is 6. The Morgan fingerprint density at radius 2 is 1.16 bits per heavy atom. The van der Waals surface area contributed by atoms with E-state index in [9.17, 15) is 5.11 Å². The summed E-state index contributed by atoms with van der Waals surface area (Å²) in [6.07, 6.45) is 0. The highest BCUT2D eigenvalue weighted by molar-refractivity contribution is 6.07. The number of ether oxygens (including phenoxy) is 1. The molecule has 0 aliphatic heterocycles. The van der Waals surface area contributed by atoms with E-state index in [1.54, 1.807) is 25.3 Å². The molecule has 6 nitrogen and oxygen atoms in total. The predicted molar refractivity (Wildman–Crippen MR) is 124 cm³/mol. The first-order chi connectivity index (χ1) is 15.0. The molecule has 0 aliphatic carbocycles. The maximum absolute atomic E-state index is 9.53. The molecule has 0 saturated heterocycles. The third-order valence-electron chi connectivity index (χ3n) is 5.26. The lowest BCUT2D eigenvalue weighted by Gasteiger charge is -2.02. The lowest BCUT2D eigenvalue weighted by atomic mass is 10.1. The molecule has 0 aliphatic rings. The van der Waals surface area contributed by atoms with Crippen LogP contribution in [0, 0.1) is 0 Å². The molecular weight excluding hydrogens is 392 g/mol. The second-order valence-electron chi connectivity index (χ2n) is 7.19. The van der Waals surface area contributed by atoms with Crippen LogP contribution < -0.4 is 16.2 Å². The van der Waals surface area contributed by atoms with E-state index in [0.717, 1.165) is 38.3 Å². The maximum atomic E-state index is 9.53. The zero-order valence-corrected chi connectivity index (χ0v) is 16.8. The number of benzene rings is 4. The van der Waals surface area contributed by atoms with Gasteiger partial charge in [-0.1, -0.05) is 36.4 Å². The minimum atomic E-state index is 0.0917. The molecule has 6 heteroatoms. The number of aromatic hydroxyl groups is 1. The van der Waals surface area contributed by atoms with E-state index in [1.807, 2.05) is 54.6 Å². The fourth-order valence-electron chi connectivity index (χ4n) is 3.72. The van der Waals surface area contributed by atoms with Crippen LogP contribution in [0.4, 0.5) is 11.4 Å². The SMILES string of the molecule is COc1cc2c(cc1N)oc1ccccc12.Nc1cc2oc3ccccc3c2cc1O. The van der Waals surface area contributed by atoms with E-state index in [2.05, 4.69) is 0 Å². The first kappa shape index (κ1) is 18.7. The summed E-state index contributed by atoms with van der Waals surface area (Å²) < 4.78 is 16.5. The number of para-hydroxylation sites is 2. The molecule has 0 spiro atoms. The Bertz CT molecular complexity index is 1560. The standard InChI is InChI=1S/C13H11NO2.C12H9NO2/c1-15-13-6-9-8-4-2-3-5-11(8)16-12(9)7-10(13)14;13-9-6-12-8(5-10(9)14)7-3-1-2-4-11(7)15-12/h2-7H,14H2,1H3;1-6,14H,13H2. The molecule has 5 N–H and O–H groups in total. The molecule has 4 aromatic carbocycles. The molecule has 31 heavy (non-hydrogen) atoms. The van der Waals surface area contributed by atoms with Gasteiger partial charge in [0, 0.05) is 33.7 Å². The van der Waals surface area contributed by atoms with Crippen molar-refractivity contribution in [1.82, 2.24) is 0 Å². The van der Waals surface area contributed by atoms with Crippen molar-refractivity contribution in [3.8, 4) is 11.5 Å². The number of nitrogen functional groups attached to an aromatic ring is 2. The molecule has 0 bridgehead atoms. The fraction of sp³-hybridized carbons (Fsp3) is 0.0400. The number of phenolic OH excluding ortho intramolecular Hbond substituents is 1. The Morgan fingerprint density at radius 1 is 0.645 bits per heavy atom. The van der Waals surface area contributed by atoms with Crippen LogP contribution >= 0.6 is 0 Å². The fourth-order valence-corrected chi connectivity index (χ4v) is 3.72. The highest BCUT2D eigenvalue weighted by Crippen LogP contribution is 2.35. The first-order valence-electron chi connectivity index (χ1n) is 9.69. The van der Waals surface area contributed by atoms with Crippen LogP contribution in [0.15, 0.2) is 81.6 Å². The van der Waals surface area contributed by atoms with Crippen molar-refractivity contribution >= 4 is 55.3 Å². The number of rotatable bonds is 1. The van der Waals surface area contributed by atoms with Gasteiger partial charge in [0.1, 0.15) is 33.8 Å². The van der Waals surface area contributed by atoms with Gasteiger partial charge in [0.15, 0.2) is 0 Å². The third kappa shape index (κ3) is 3.14. The van der Waals surface area contributed by atoms with Gasteiger partial charge >= 0.3 is 0 Å². The molecule has 6 rings (SSSR count). The molecule has 0 radical (unpaired) electrons. The summed E-state index contributed by atoms with van der Waals surface area (Å²) in [6, 6.07) is 22.6. The summed E-state index contributed by atoms with van der Waals surface area (Å²) in [5.74, 6) is 0.771. The van der Waals surface area contributed by atoms with Gasteiger partial charge in [0.05, 0.1) is 18.5 Å². The average molecular weight is 412 g/mol. The molecular formula is C25H20N2O4. The summed E-state index contributed by atoms with van der Waals surface area (Å²) >= 11 is 0. The van der Waals surface area contributed by atoms with Crippen LogP contribution in [-0.4, -0.2) is 12.2 Å². The van der Waals surface area contributed by atoms with Crippen molar-refractivity contribution in [3.05, 3.63) is 72.8 Å². The lowest BCUT2D eigenvalue weighted by Crippen LogP contribution is -1.91. The monoisotopic (exact) mass is 412 g/mol. The molecule has 0 unspecified atom stereocenters. The minimum Gasteiger partial charge on any atom is -0.506 e. The Labute approximate surface area is 177 Å². The van der Waals surface area contributed by atoms with Crippen molar-refractivity contribution in [2.75, 3.05) is 18.6 Å². The van der Waals surface area contributed by atoms with Crippen LogP contribution in [0.1, 0.15) is 0 Å². The van der Waals surface area contributed by atoms with Crippen LogP contribution in [0.5, 0.6) is 11.5 Å². The Kier molecular flexibility index (Phi) is 4.33. The smallest absolute Gasteiger partial charge is 0.142 e. The van der Waals surface area contributed by atoms with E-state index in [1.165, 1.54) is 0 Å². The molecule has 2 aromatic heterocycles. The van der Waals surface area contributed by atoms with Crippen molar-refractivity contribution in [3.63, 3.8) is 0 Å². The highest BCUT2D eigenvalue weighted by atomic mass is 16.5. The highest BCUT2D eigenvalue weighted by Gasteiger charge is 2.10. The van der Waals surface area contributed by atoms with Gasteiger partial charge < -0.3 is 30.1 Å². The number of anilines is 2. The summed E-state index contributed by atoms with van der Waals surface area (Å²) in [7, 11) is 1.61. The first-order valence-corrected chi connectivity index (χ1v) is 9.69. The zero-order chi connectivity index (χ0) is 21.5. The van der Waals surface area contributed by atoms with E-state index in [-0.39, 0.29) is 5.75 Å². The Hall–Kier alpha value is -4.32. The van der Waals surface area contributed by atoms with E-state index in [0.29, 0.717) is 22.7 Å². The second kappa shape index (κ2) is 7.18.